The maximum absolute atomic E-state index is 12.2. The molecule has 2 rings (SSSR count). The Kier molecular flexibility index (Phi) is 8.31. The van der Waals surface area contributed by atoms with E-state index >= 15 is 0 Å². The molecule has 1 unspecified atom stereocenters. The van der Waals surface area contributed by atoms with Gasteiger partial charge in [-0.1, -0.05) is 13.0 Å². The molecule has 2 fully saturated rings. The van der Waals surface area contributed by atoms with Gasteiger partial charge in [0.15, 0.2) is 0 Å². The van der Waals surface area contributed by atoms with Gasteiger partial charge in [0, 0.05) is 19.2 Å². The summed E-state index contributed by atoms with van der Waals surface area (Å²) >= 11 is 0. The number of rotatable bonds is 6. The second kappa shape index (κ2) is 10.5. The van der Waals surface area contributed by atoms with Crippen LogP contribution in [0.4, 0.5) is 4.79 Å². The van der Waals surface area contributed by atoms with Gasteiger partial charge in [-0.25, -0.2) is 4.79 Å². The normalized spacial score (nSPS) is 30.0. The lowest BCUT2D eigenvalue weighted by atomic mass is 9.88. The number of carbonyl (C=O) groups is 2. The molecule has 0 aliphatic carbocycles. The van der Waals surface area contributed by atoms with Gasteiger partial charge in [0.25, 0.3) is 0 Å². The molecule has 2 saturated heterocycles. The molecule has 0 aromatic heterocycles. The Balaban J connectivity index is 1.77. The van der Waals surface area contributed by atoms with Gasteiger partial charge in [0.2, 0.25) is 5.91 Å². The van der Waals surface area contributed by atoms with E-state index in [2.05, 4.69) is 18.8 Å². The van der Waals surface area contributed by atoms with Gasteiger partial charge in [-0.3, -0.25) is 4.79 Å². The van der Waals surface area contributed by atoms with Crippen molar-refractivity contribution in [2.75, 3.05) is 26.3 Å². The van der Waals surface area contributed by atoms with E-state index in [-0.39, 0.29) is 30.3 Å². The van der Waals surface area contributed by atoms with Gasteiger partial charge in [-0.15, -0.1) is 6.58 Å². The lowest BCUT2D eigenvalue weighted by Gasteiger charge is -2.39. The van der Waals surface area contributed by atoms with E-state index in [9.17, 15) is 9.59 Å². The fraction of sp³-hybridized carbons (Fsp3) is 0.700. The zero-order valence-electron chi connectivity index (χ0n) is 16.6. The van der Waals surface area contributed by atoms with Crippen molar-refractivity contribution in [3.63, 3.8) is 0 Å². The number of morpholine rings is 1. The Hall–Kier alpha value is -1.86. The maximum Gasteiger partial charge on any atom is 0.410 e. The molecule has 0 spiro atoms. The Morgan fingerprint density at radius 3 is 2.70 bits per heavy atom. The summed E-state index contributed by atoms with van der Waals surface area (Å²) in [5.41, 5.74) is 0. The van der Waals surface area contributed by atoms with Gasteiger partial charge in [0.05, 0.1) is 31.5 Å². The Labute approximate surface area is 161 Å². The van der Waals surface area contributed by atoms with Crippen LogP contribution in [-0.2, 0) is 19.0 Å². The molecule has 7 nitrogen and oxygen atoms in total. The third kappa shape index (κ3) is 6.66. The van der Waals surface area contributed by atoms with Crippen LogP contribution in [0.25, 0.3) is 0 Å². The van der Waals surface area contributed by atoms with Crippen molar-refractivity contribution in [1.29, 1.82) is 0 Å². The third-order valence-corrected chi connectivity index (χ3v) is 5.02. The predicted octanol–water partition coefficient (Wildman–Crippen LogP) is 2.27. The molecule has 2 heterocycles. The van der Waals surface area contributed by atoms with Crippen molar-refractivity contribution in [3.05, 3.63) is 24.8 Å². The average molecular weight is 380 g/mol. The summed E-state index contributed by atoms with van der Waals surface area (Å²) in [6.07, 6.45) is 5.79. The van der Waals surface area contributed by atoms with E-state index in [1.807, 2.05) is 13.0 Å². The van der Waals surface area contributed by atoms with Crippen molar-refractivity contribution in [1.82, 2.24) is 10.2 Å². The summed E-state index contributed by atoms with van der Waals surface area (Å²) in [5, 5.41) is 2.99. The molecule has 2 amide bonds. The highest BCUT2D eigenvalue weighted by atomic mass is 16.6. The largest absolute Gasteiger partial charge is 0.442 e. The average Bonchev–Trinajstić information content (AvgIpc) is 2.65. The van der Waals surface area contributed by atoms with E-state index in [4.69, 9.17) is 14.2 Å². The minimum absolute atomic E-state index is 0.0376. The number of hydrogen-bond donors (Lipinski definition) is 1. The highest BCUT2D eigenvalue weighted by Crippen LogP contribution is 2.27. The van der Waals surface area contributed by atoms with Gasteiger partial charge >= 0.3 is 6.09 Å². The quantitative estimate of drug-likeness (QED) is 0.565. The van der Waals surface area contributed by atoms with Crippen LogP contribution in [-0.4, -0.2) is 67.6 Å². The highest BCUT2D eigenvalue weighted by molar-refractivity contribution is 5.87. The zero-order valence-corrected chi connectivity index (χ0v) is 16.6. The van der Waals surface area contributed by atoms with Crippen LogP contribution in [0, 0.1) is 5.92 Å². The van der Waals surface area contributed by atoms with Gasteiger partial charge < -0.3 is 24.4 Å². The monoisotopic (exact) mass is 380 g/mol. The van der Waals surface area contributed by atoms with E-state index in [0.29, 0.717) is 32.2 Å². The van der Waals surface area contributed by atoms with Gasteiger partial charge in [-0.05, 0) is 38.7 Å². The van der Waals surface area contributed by atoms with E-state index in [1.165, 1.54) is 6.08 Å². The summed E-state index contributed by atoms with van der Waals surface area (Å²) < 4.78 is 16.6. The van der Waals surface area contributed by atoms with Crippen LogP contribution in [0.5, 0.6) is 0 Å². The first-order valence-corrected chi connectivity index (χ1v) is 9.69. The van der Waals surface area contributed by atoms with Crippen LogP contribution in [0.3, 0.4) is 0 Å². The summed E-state index contributed by atoms with van der Waals surface area (Å²) in [7, 11) is 0. The molecule has 2 aliphatic heterocycles. The van der Waals surface area contributed by atoms with E-state index in [0.717, 1.165) is 12.8 Å². The second-order valence-corrected chi connectivity index (χ2v) is 7.28. The van der Waals surface area contributed by atoms with Crippen LogP contribution in [0.15, 0.2) is 24.8 Å². The molecule has 1 N–H and O–H groups in total. The van der Waals surface area contributed by atoms with Crippen molar-refractivity contribution >= 4 is 12.0 Å². The SMILES string of the molecule is C=CC[C@@H]1O[C@H](C)[C@H](NC(=O)C=CC(C)OC(=O)N2CCOCC2)C[C@@H]1C. The van der Waals surface area contributed by atoms with Crippen molar-refractivity contribution < 1.29 is 23.8 Å². The fourth-order valence-electron chi connectivity index (χ4n) is 3.35. The van der Waals surface area contributed by atoms with Crippen molar-refractivity contribution in [3.8, 4) is 0 Å². The smallest absolute Gasteiger partial charge is 0.410 e. The van der Waals surface area contributed by atoms with Crippen molar-refractivity contribution in [2.24, 2.45) is 5.92 Å². The van der Waals surface area contributed by atoms with Gasteiger partial charge in [0.1, 0.15) is 6.10 Å². The van der Waals surface area contributed by atoms with Crippen LogP contribution >= 0.6 is 0 Å². The molecule has 27 heavy (non-hydrogen) atoms. The summed E-state index contributed by atoms with van der Waals surface area (Å²) in [5.74, 6) is 0.140. The second-order valence-electron chi connectivity index (χ2n) is 7.28. The zero-order chi connectivity index (χ0) is 19.8. The number of nitrogens with one attached hydrogen (secondary N) is 1. The molecule has 0 saturated carbocycles. The topological polar surface area (TPSA) is 77.1 Å². The predicted molar refractivity (Wildman–Crippen MR) is 102 cm³/mol. The molecule has 0 aromatic rings. The summed E-state index contributed by atoms with van der Waals surface area (Å²) in [4.78, 5) is 25.9. The summed E-state index contributed by atoms with van der Waals surface area (Å²) in [6, 6.07) is -0.0376. The number of amides is 2. The third-order valence-electron chi connectivity index (χ3n) is 5.02. The maximum atomic E-state index is 12.2. The lowest BCUT2D eigenvalue weighted by Crippen LogP contribution is -2.50. The first kappa shape index (κ1) is 21.4. The van der Waals surface area contributed by atoms with E-state index in [1.54, 1.807) is 17.9 Å². The van der Waals surface area contributed by atoms with Crippen LogP contribution < -0.4 is 5.32 Å². The van der Waals surface area contributed by atoms with Crippen LogP contribution in [0.2, 0.25) is 0 Å². The Morgan fingerprint density at radius 2 is 2.04 bits per heavy atom. The first-order valence-electron chi connectivity index (χ1n) is 9.69. The molecule has 0 bridgehead atoms. The highest BCUT2D eigenvalue weighted by Gasteiger charge is 2.33. The number of ether oxygens (including phenoxy) is 3. The minimum Gasteiger partial charge on any atom is -0.442 e. The van der Waals surface area contributed by atoms with Crippen molar-refractivity contribution in [2.45, 2.75) is 58.0 Å². The number of nitrogens with zero attached hydrogens (tertiary/aromatic N) is 1. The molecule has 152 valence electrons. The lowest BCUT2D eigenvalue weighted by molar-refractivity contribution is -0.123. The number of hydrogen-bond acceptors (Lipinski definition) is 5. The molecule has 0 radical (unpaired) electrons. The number of carbonyl (C=O) groups excluding carboxylic acids is 2. The first-order chi connectivity index (χ1) is 12.9. The fourth-order valence-corrected chi connectivity index (χ4v) is 3.35. The van der Waals surface area contributed by atoms with Gasteiger partial charge in [-0.2, -0.15) is 0 Å². The Morgan fingerprint density at radius 1 is 1.33 bits per heavy atom. The summed E-state index contributed by atoms with van der Waals surface area (Å²) in [6.45, 7) is 11.7. The molecule has 0 aromatic carbocycles. The minimum atomic E-state index is -0.484. The standard InChI is InChI=1S/C20H32N2O5/c1-5-6-18-14(2)13-17(16(4)27-18)21-19(23)8-7-15(3)26-20(24)22-9-11-25-12-10-22/h5,7-8,14-18H,1,6,9-13H2,2-4H3,(H,21,23)/t14-,15?,16+,17+,18-/m0/s1. The molecule has 5 atom stereocenters. The molecular formula is C20H32N2O5. The van der Waals surface area contributed by atoms with E-state index < -0.39 is 6.10 Å². The Bertz CT molecular complexity index is 544. The van der Waals surface area contributed by atoms with Crippen LogP contribution in [0.1, 0.15) is 33.6 Å². The molecule has 2 aliphatic rings. The molecule has 7 heteroatoms. The molecular weight excluding hydrogens is 348 g/mol.